The summed E-state index contributed by atoms with van der Waals surface area (Å²) in [6.07, 6.45) is 9.87. The summed E-state index contributed by atoms with van der Waals surface area (Å²) in [4.78, 5) is 64.5. The van der Waals surface area contributed by atoms with Gasteiger partial charge < -0.3 is 14.2 Å². The van der Waals surface area contributed by atoms with Crippen LogP contribution in [0, 0.1) is 5.92 Å². The Morgan fingerprint density at radius 1 is 0.611 bits per heavy atom. The average Bonchev–Trinajstić information content (AvgIpc) is 3.54. The zero-order chi connectivity index (χ0) is 37.9. The minimum absolute atomic E-state index is 0.179. The van der Waals surface area contributed by atoms with Crippen LogP contribution >= 0.6 is 0 Å². The molecule has 0 spiro atoms. The van der Waals surface area contributed by atoms with Crippen molar-refractivity contribution in [2.75, 3.05) is 0 Å². The first-order chi connectivity index (χ1) is 26.4. The first-order valence-corrected chi connectivity index (χ1v) is 19.2. The fraction of sp³-hybridized carbons (Fsp3) is 0.333. The summed E-state index contributed by atoms with van der Waals surface area (Å²) >= 11 is 0. The van der Waals surface area contributed by atoms with Gasteiger partial charge in [-0.2, -0.15) is 0 Å². The van der Waals surface area contributed by atoms with Crippen LogP contribution in [0.2, 0.25) is 0 Å². The molecule has 1 aromatic heterocycles. The van der Waals surface area contributed by atoms with Gasteiger partial charge in [-0.15, -0.1) is 0 Å². The molecule has 1 saturated carbocycles. The van der Waals surface area contributed by atoms with Gasteiger partial charge in [-0.1, -0.05) is 105 Å². The monoisotopic (exact) mass is 725 g/mol. The lowest BCUT2D eigenvalue weighted by Crippen LogP contribution is -2.21. The third-order valence-corrected chi connectivity index (χ3v) is 10.2. The van der Waals surface area contributed by atoms with E-state index in [1.54, 1.807) is 66.7 Å². The summed E-state index contributed by atoms with van der Waals surface area (Å²) in [5, 5.41) is 9.92. The summed E-state index contributed by atoms with van der Waals surface area (Å²) < 4.78 is 2.15. The molecule has 1 fully saturated rings. The molecule has 4 aromatic carbocycles. The minimum Gasteiger partial charge on any atom is -0.341 e. The van der Waals surface area contributed by atoms with E-state index in [1.807, 2.05) is 30.3 Å². The maximum atomic E-state index is 14.2. The lowest BCUT2D eigenvalue weighted by atomic mass is 9.84. The zero-order valence-electron chi connectivity index (χ0n) is 31.1. The Morgan fingerprint density at radius 2 is 1.13 bits per heavy atom. The van der Waals surface area contributed by atoms with Gasteiger partial charge in [-0.25, -0.2) is 9.59 Å². The van der Waals surface area contributed by atoms with Crippen molar-refractivity contribution in [3.63, 3.8) is 0 Å². The van der Waals surface area contributed by atoms with Crippen molar-refractivity contribution < 1.29 is 28.9 Å². The molecule has 0 atom stereocenters. The standard InChI is InChI=1S/C45H47N3O6/c1-3-5-6-16-23-38(46-53-44(51)32-19-12-8-13-20-32)42(49)34-24-26-40-36(29-34)37-30-35(25-27-41(37)48(40)4-2)43(50)39(28-31-17-10-7-11-18-31)47-54-45(52)33-21-14-9-15-22-33/h8-9,12-15,19-22,24-27,29-31H,3-7,10-11,16-18,23,28H2,1-2H3. The maximum absolute atomic E-state index is 14.2. The first kappa shape index (κ1) is 38.0. The lowest BCUT2D eigenvalue weighted by Gasteiger charge is -2.21. The van der Waals surface area contributed by atoms with E-state index in [0.29, 0.717) is 41.6 Å². The Labute approximate surface area is 316 Å². The summed E-state index contributed by atoms with van der Waals surface area (Å²) in [6, 6.07) is 28.2. The molecule has 0 unspecified atom stereocenters. The number of rotatable bonds is 16. The van der Waals surface area contributed by atoms with Gasteiger partial charge in [0.05, 0.1) is 11.1 Å². The zero-order valence-corrected chi connectivity index (χ0v) is 31.1. The molecule has 0 bridgehead atoms. The minimum atomic E-state index is -0.630. The lowest BCUT2D eigenvalue weighted by molar-refractivity contribution is 0.0504. The number of aromatic nitrogens is 1. The number of hydrogen-bond acceptors (Lipinski definition) is 8. The molecule has 0 saturated heterocycles. The van der Waals surface area contributed by atoms with Crippen LogP contribution in [0.15, 0.2) is 107 Å². The summed E-state index contributed by atoms with van der Waals surface area (Å²) in [5.41, 5.74) is 3.76. The number of oxime groups is 2. The van der Waals surface area contributed by atoms with Crippen molar-refractivity contribution in [2.24, 2.45) is 16.2 Å². The Hall–Kier alpha value is -5.70. The van der Waals surface area contributed by atoms with Crippen LogP contribution in [0.5, 0.6) is 0 Å². The number of carbonyl (C=O) groups is 4. The van der Waals surface area contributed by atoms with Crippen LogP contribution < -0.4 is 0 Å². The van der Waals surface area contributed by atoms with E-state index >= 15 is 0 Å². The topological polar surface area (TPSA) is 116 Å². The molecule has 0 radical (unpaired) electrons. The third-order valence-electron chi connectivity index (χ3n) is 10.2. The van der Waals surface area contributed by atoms with Crippen molar-refractivity contribution in [3.05, 3.63) is 119 Å². The molecule has 1 aliphatic rings. The third kappa shape index (κ3) is 9.08. The Morgan fingerprint density at radius 3 is 1.65 bits per heavy atom. The van der Waals surface area contributed by atoms with Crippen LogP contribution in [0.25, 0.3) is 21.8 Å². The van der Waals surface area contributed by atoms with Crippen LogP contribution in [0.3, 0.4) is 0 Å². The molecule has 6 rings (SSSR count). The highest BCUT2D eigenvalue weighted by molar-refractivity contribution is 6.47. The molecule has 5 aromatic rings. The number of nitrogens with zero attached hydrogens (tertiary/aromatic N) is 3. The molecular weight excluding hydrogens is 679 g/mol. The largest absolute Gasteiger partial charge is 0.365 e. The normalized spacial score (nSPS) is 14.0. The van der Waals surface area contributed by atoms with E-state index in [4.69, 9.17) is 9.68 Å². The Kier molecular flexibility index (Phi) is 12.9. The van der Waals surface area contributed by atoms with Crippen LogP contribution in [-0.2, 0) is 16.2 Å². The first-order valence-electron chi connectivity index (χ1n) is 19.2. The van der Waals surface area contributed by atoms with Gasteiger partial charge in [0.15, 0.2) is 0 Å². The number of ketones is 2. The summed E-state index contributed by atoms with van der Waals surface area (Å²) in [5.74, 6) is -1.59. The Balaban J connectivity index is 1.33. The Bertz CT molecular complexity index is 2180. The van der Waals surface area contributed by atoms with E-state index in [2.05, 4.69) is 28.7 Å². The van der Waals surface area contributed by atoms with Crippen molar-refractivity contribution in [3.8, 4) is 0 Å². The van der Waals surface area contributed by atoms with E-state index in [9.17, 15) is 19.2 Å². The highest BCUT2D eigenvalue weighted by atomic mass is 16.7. The number of fused-ring (bicyclic) bond motifs is 3. The van der Waals surface area contributed by atoms with Gasteiger partial charge in [-0.3, -0.25) is 9.59 Å². The predicted octanol–water partition coefficient (Wildman–Crippen LogP) is 10.5. The fourth-order valence-corrected chi connectivity index (χ4v) is 7.26. The molecule has 9 nitrogen and oxygen atoms in total. The van der Waals surface area contributed by atoms with Crippen molar-refractivity contribution in [2.45, 2.75) is 91.0 Å². The molecule has 54 heavy (non-hydrogen) atoms. The maximum Gasteiger partial charge on any atom is 0.365 e. The fourth-order valence-electron chi connectivity index (χ4n) is 7.26. The molecule has 0 amide bonds. The SMILES string of the molecule is CCCCCCC(=NOC(=O)c1ccccc1)C(=O)c1ccc2c(c1)c1cc(C(=O)C(CC3CCCCC3)=NOC(=O)c3ccccc3)ccc1n2CC. The van der Waals surface area contributed by atoms with Gasteiger partial charge >= 0.3 is 11.9 Å². The molecular formula is C45H47N3O6. The van der Waals surface area contributed by atoms with E-state index < -0.39 is 11.9 Å². The van der Waals surface area contributed by atoms with Gasteiger partial charge in [0.1, 0.15) is 11.4 Å². The van der Waals surface area contributed by atoms with Crippen molar-refractivity contribution >= 4 is 56.7 Å². The summed E-state index contributed by atoms with van der Waals surface area (Å²) in [6.45, 7) is 4.84. The smallest absolute Gasteiger partial charge is 0.341 e. The van der Waals surface area contributed by atoms with Crippen LogP contribution in [0.1, 0.15) is 126 Å². The van der Waals surface area contributed by atoms with Crippen LogP contribution in [-0.4, -0.2) is 39.5 Å². The van der Waals surface area contributed by atoms with E-state index in [1.165, 1.54) is 6.42 Å². The molecule has 1 aliphatic carbocycles. The second-order valence-electron chi connectivity index (χ2n) is 14.0. The molecule has 1 heterocycles. The molecule has 278 valence electrons. The summed E-state index contributed by atoms with van der Waals surface area (Å²) in [7, 11) is 0. The predicted molar refractivity (Wildman–Crippen MR) is 212 cm³/mol. The van der Waals surface area contributed by atoms with Crippen molar-refractivity contribution in [1.29, 1.82) is 0 Å². The second-order valence-corrected chi connectivity index (χ2v) is 14.0. The quantitative estimate of drug-likeness (QED) is 0.0329. The number of hydrogen-bond donors (Lipinski definition) is 0. The second kappa shape index (κ2) is 18.4. The number of aryl methyl sites for hydroxylation is 1. The number of carbonyl (C=O) groups excluding carboxylic acids is 4. The van der Waals surface area contributed by atoms with Gasteiger partial charge in [0.2, 0.25) is 11.6 Å². The van der Waals surface area contributed by atoms with E-state index in [0.717, 1.165) is 73.2 Å². The van der Waals surface area contributed by atoms with E-state index in [-0.39, 0.29) is 28.9 Å². The van der Waals surface area contributed by atoms with Gasteiger partial charge in [-0.05, 0) is 92.8 Å². The highest BCUT2D eigenvalue weighted by Crippen LogP contribution is 2.32. The van der Waals surface area contributed by atoms with Crippen LogP contribution in [0.4, 0.5) is 0 Å². The molecule has 0 N–H and O–H groups in total. The number of Topliss-reactive ketones (excluding diaryl/α,β-unsaturated/α-hetero) is 2. The van der Waals surface area contributed by atoms with Gasteiger partial charge in [0, 0.05) is 39.5 Å². The molecule has 0 aliphatic heterocycles. The van der Waals surface area contributed by atoms with Crippen molar-refractivity contribution in [1.82, 2.24) is 4.57 Å². The van der Waals surface area contributed by atoms with Gasteiger partial charge in [0.25, 0.3) is 0 Å². The highest BCUT2D eigenvalue weighted by Gasteiger charge is 2.25. The average molecular weight is 726 g/mol. The molecule has 9 heteroatoms. The number of unbranched alkanes of at least 4 members (excludes halogenated alkanes) is 3. The number of benzene rings is 4.